The first kappa shape index (κ1) is 11.3. The van der Waals surface area contributed by atoms with E-state index in [1.807, 2.05) is 27.7 Å². The number of nitrogens with two attached hydrogens (primary N) is 1. The van der Waals surface area contributed by atoms with Crippen LogP contribution in [0.15, 0.2) is 0 Å². The van der Waals surface area contributed by atoms with Crippen LogP contribution in [-0.2, 0) is 4.74 Å². The molecular weight excluding hydrogens is 180 g/mol. The van der Waals surface area contributed by atoms with Gasteiger partial charge in [0.25, 0.3) is 0 Å². The van der Waals surface area contributed by atoms with Gasteiger partial charge >= 0.3 is 6.09 Å². The van der Waals surface area contributed by atoms with Crippen LogP contribution in [0.3, 0.4) is 0 Å². The first-order valence-corrected chi connectivity index (χ1v) is 5.03. The SMILES string of the molecule is C[C@H](N)C1CN(C(=O)OC(C)(C)C)C1. The summed E-state index contributed by atoms with van der Waals surface area (Å²) in [6.07, 6.45) is -0.227. The summed E-state index contributed by atoms with van der Waals surface area (Å²) in [6, 6.07) is 0.161. The minimum Gasteiger partial charge on any atom is -0.444 e. The Labute approximate surface area is 85.4 Å². The Kier molecular flexibility index (Phi) is 3.04. The third-order valence-electron chi connectivity index (χ3n) is 2.31. The topological polar surface area (TPSA) is 55.6 Å². The van der Waals surface area contributed by atoms with Gasteiger partial charge in [-0.2, -0.15) is 0 Å². The number of carbonyl (C=O) groups is 1. The molecule has 0 bridgehead atoms. The van der Waals surface area contributed by atoms with Crippen molar-refractivity contribution in [3.8, 4) is 0 Å². The fraction of sp³-hybridized carbons (Fsp3) is 0.900. The van der Waals surface area contributed by atoms with E-state index in [1.54, 1.807) is 4.90 Å². The summed E-state index contributed by atoms with van der Waals surface area (Å²) in [5, 5.41) is 0. The number of carbonyl (C=O) groups excluding carboxylic acids is 1. The van der Waals surface area contributed by atoms with Crippen LogP contribution in [-0.4, -0.2) is 35.7 Å². The van der Waals surface area contributed by atoms with Gasteiger partial charge in [0.2, 0.25) is 0 Å². The summed E-state index contributed by atoms with van der Waals surface area (Å²) in [5.74, 6) is 0.433. The average molecular weight is 200 g/mol. The predicted molar refractivity (Wildman–Crippen MR) is 54.9 cm³/mol. The summed E-state index contributed by atoms with van der Waals surface area (Å²) in [5.41, 5.74) is 5.30. The molecule has 0 aromatic heterocycles. The molecule has 0 spiro atoms. The molecule has 0 aromatic carbocycles. The van der Waals surface area contributed by atoms with E-state index >= 15 is 0 Å². The van der Waals surface area contributed by atoms with Gasteiger partial charge in [-0.25, -0.2) is 4.79 Å². The van der Waals surface area contributed by atoms with Gasteiger partial charge in [0.1, 0.15) is 5.60 Å². The first-order chi connectivity index (χ1) is 6.29. The zero-order valence-electron chi connectivity index (χ0n) is 9.41. The van der Waals surface area contributed by atoms with Gasteiger partial charge in [0.15, 0.2) is 0 Å². The molecule has 0 unspecified atom stereocenters. The molecule has 4 heteroatoms. The number of rotatable bonds is 1. The van der Waals surface area contributed by atoms with Crippen LogP contribution >= 0.6 is 0 Å². The minimum atomic E-state index is -0.406. The van der Waals surface area contributed by atoms with Crippen LogP contribution in [0, 0.1) is 5.92 Å². The fourth-order valence-corrected chi connectivity index (χ4v) is 1.32. The molecule has 1 amide bonds. The van der Waals surface area contributed by atoms with E-state index in [-0.39, 0.29) is 12.1 Å². The van der Waals surface area contributed by atoms with Gasteiger partial charge in [0, 0.05) is 25.0 Å². The van der Waals surface area contributed by atoms with Gasteiger partial charge in [-0.3, -0.25) is 0 Å². The van der Waals surface area contributed by atoms with E-state index in [0.29, 0.717) is 5.92 Å². The smallest absolute Gasteiger partial charge is 0.410 e. The molecule has 1 heterocycles. The molecule has 0 aliphatic carbocycles. The van der Waals surface area contributed by atoms with Gasteiger partial charge in [0.05, 0.1) is 0 Å². The summed E-state index contributed by atoms with van der Waals surface area (Å²) >= 11 is 0. The van der Waals surface area contributed by atoms with Crippen LogP contribution in [0.4, 0.5) is 4.79 Å². The molecule has 1 aliphatic heterocycles. The first-order valence-electron chi connectivity index (χ1n) is 5.03. The fourth-order valence-electron chi connectivity index (χ4n) is 1.32. The Morgan fingerprint density at radius 2 is 2.00 bits per heavy atom. The lowest BCUT2D eigenvalue weighted by Gasteiger charge is -2.41. The van der Waals surface area contributed by atoms with Crippen molar-refractivity contribution in [2.75, 3.05) is 13.1 Å². The van der Waals surface area contributed by atoms with Gasteiger partial charge in [-0.05, 0) is 27.7 Å². The van der Waals surface area contributed by atoms with Crippen LogP contribution in [0.1, 0.15) is 27.7 Å². The normalized spacial score (nSPS) is 20.2. The number of ether oxygens (including phenoxy) is 1. The minimum absolute atomic E-state index is 0.161. The Balaban J connectivity index is 2.30. The third kappa shape index (κ3) is 2.87. The van der Waals surface area contributed by atoms with Crippen molar-refractivity contribution >= 4 is 6.09 Å². The quantitative estimate of drug-likeness (QED) is 0.692. The van der Waals surface area contributed by atoms with Gasteiger partial charge in [-0.15, -0.1) is 0 Å². The Morgan fingerprint density at radius 1 is 1.50 bits per heavy atom. The summed E-state index contributed by atoms with van der Waals surface area (Å²) in [6.45, 7) is 9.03. The van der Waals surface area contributed by atoms with Crippen molar-refractivity contribution in [3.63, 3.8) is 0 Å². The highest BCUT2D eigenvalue weighted by atomic mass is 16.6. The molecule has 1 saturated heterocycles. The third-order valence-corrected chi connectivity index (χ3v) is 2.31. The van der Waals surface area contributed by atoms with Gasteiger partial charge in [-0.1, -0.05) is 0 Å². The number of hydrogen-bond acceptors (Lipinski definition) is 3. The van der Waals surface area contributed by atoms with Gasteiger partial charge < -0.3 is 15.4 Å². The van der Waals surface area contributed by atoms with E-state index in [9.17, 15) is 4.79 Å². The molecular formula is C10H20N2O2. The molecule has 82 valence electrons. The maximum Gasteiger partial charge on any atom is 0.410 e. The van der Waals surface area contributed by atoms with Crippen molar-refractivity contribution in [3.05, 3.63) is 0 Å². The monoisotopic (exact) mass is 200 g/mol. The number of nitrogens with zero attached hydrogens (tertiary/aromatic N) is 1. The lowest BCUT2D eigenvalue weighted by molar-refractivity contribution is -0.00369. The molecule has 1 fully saturated rings. The van der Waals surface area contributed by atoms with E-state index in [0.717, 1.165) is 13.1 Å². The number of likely N-dealkylation sites (tertiary alicyclic amines) is 1. The van der Waals surface area contributed by atoms with Crippen LogP contribution in [0.25, 0.3) is 0 Å². The number of amides is 1. The zero-order valence-corrected chi connectivity index (χ0v) is 9.41. The van der Waals surface area contributed by atoms with E-state index < -0.39 is 5.60 Å². The molecule has 1 atom stereocenters. The highest BCUT2D eigenvalue weighted by Crippen LogP contribution is 2.20. The zero-order chi connectivity index (χ0) is 10.9. The van der Waals surface area contributed by atoms with E-state index in [1.165, 1.54) is 0 Å². The standard InChI is InChI=1S/C10H20N2O2/c1-7(11)8-5-12(6-8)9(13)14-10(2,3)4/h7-8H,5-6,11H2,1-4H3/t7-/m0/s1. The largest absolute Gasteiger partial charge is 0.444 e. The van der Waals surface area contributed by atoms with Crippen LogP contribution < -0.4 is 5.73 Å². The Bertz CT molecular complexity index is 215. The van der Waals surface area contributed by atoms with Crippen LogP contribution in [0.2, 0.25) is 0 Å². The highest BCUT2D eigenvalue weighted by Gasteiger charge is 2.35. The Hall–Kier alpha value is -0.770. The van der Waals surface area contributed by atoms with E-state index in [2.05, 4.69) is 0 Å². The highest BCUT2D eigenvalue weighted by molar-refractivity contribution is 5.69. The lowest BCUT2D eigenvalue weighted by Crippen LogP contribution is -2.56. The lowest BCUT2D eigenvalue weighted by atomic mass is 9.94. The maximum atomic E-state index is 11.5. The molecule has 1 aliphatic rings. The molecule has 1 rings (SSSR count). The summed E-state index contributed by atoms with van der Waals surface area (Å²) in [4.78, 5) is 13.2. The molecule has 2 N–H and O–H groups in total. The summed E-state index contributed by atoms with van der Waals surface area (Å²) < 4.78 is 5.22. The molecule has 0 saturated carbocycles. The maximum absolute atomic E-state index is 11.5. The predicted octanol–water partition coefficient (Wildman–Crippen LogP) is 1.20. The average Bonchev–Trinajstić information content (AvgIpc) is 1.75. The van der Waals surface area contributed by atoms with Crippen molar-refractivity contribution < 1.29 is 9.53 Å². The van der Waals surface area contributed by atoms with Crippen molar-refractivity contribution in [1.82, 2.24) is 4.90 Å². The second kappa shape index (κ2) is 3.77. The summed E-state index contributed by atoms with van der Waals surface area (Å²) in [7, 11) is 0. The second-order valence-electron chi connectivity index (χ2n) is 5.00. The molecule has 14 heavy (non-hydrogen) atoms. The molecule has 0 aromatic rings. The van der Waals surface area contributed by atoms with Crippen molar-refractivity contribution in [1.29, 1.82) is 0 Å². The molecule has 0 radical (unpaired) electrons. The number of hydrogen-bond donors (Lipinski definition) is 1. The van der Waals surface area contributed by atoms with Crippen molar-refractivity contribution in [2.24, 2.45) is 11.7 Å². The van der Waals surface area contributed by atoms with E-state index in [4.69, 9.17) is 10.5 Å². The van der Waals surface area contributed by atoms with Crippen molar-refractivity contribution in [2.45, 2.75) is 39.3 Å². The second-order valence-corrected chi connectivity index (χ2v) is 5.00. The molecule has 4 nitrogen and oxygen atoms in total. The van der Waals surface area contributed by atoms with Crippen LogP contribution in [0.5, 0.6) is 0 Å². The Morgan fingerprint density at radius 3 is 2.36 bits per heavy atom.